The van der Waals surface area contributed by atoms with Crippen LogP contribution in [0.3, 0.4) is 0 Å². The van der Waals surface area contributed by atoms with Crippen molar-refractivity contribution >= 4 is 28.5 Å². The molecule has 14 nitrogen and oxygen atoms in total. The van der Waals surface area contributed by atoms with E-state index >= 15 is 0 Å². The second-order valence-electron chi connectivity index (χ2n) is 8.96. The Morgan fingerprint density at radius 1 is 1.15 bits per heavy atom. The van der Waals surface area contributed by atoms with Crippen LogP contribution in [0.15, 0.2) is 48.8 Å². The number of piperazine rings is 1. The van der Waals surface area contributed by atoms with Crippen LogP contribution in [0, 0.1) is 0 Å². The minimum absolute atomic E-state index is 0.191. The molecule has 1 aliphatic heterocycles. The summed E-state index contributed by atoms with van der Waals surface area (Å²) in [6.07, 6.45) is 3.12. The number of fused-ring (bicyclic) bond motifs is 1. The number of nitrogens with zero attached hydrogens (tertiary/aromatic N) is 7. The molecule has 0 spiro atoms. The summed E-state index contributed by atoms with van der Waals surface area (Å²) >= 11 is 0. The van der Waals surface area contributed by atoms with Gasteiger partial charge in [0.2, 0.25) is 12.1 Å². The van der Waals surface area contributed by atoms with Gasteiger partial charge in [0.05, 0.1) is 36.0 Å². The van der Waals surface area contributed by atoms with Gasteiger partial charge < -0.3 is 24.6 Å². The molecule has 0 unspecified atom stereocenters. The number of Topliss-reactive ketones (excluding diaryl/α,β-unsaturated/α-hetero) is 1. The molecule has 198 valence electrons. The van der Waals surface area contributed by atoms with Crippen LogP contribution in [0.4, 0.5) is 5.95 Å². The highest BCUT2D eigenvalue weighted by molar-refractivity contribution is 6.45. The van der Waals surface area contributed by atoms with E-state index in [1.807, 2.05) is 35.2 Å². The molecule has 0 aliphatic carbocycles. The van der Waals surface area contributed by atoms with Crippen molar-refractivity contribution in [3.8, 4) is 22.8 Å². The average molecular weight is 530 g/mol. The number of aliphatic hydroxyl groups is 1. The lowest BCUT2D eigenvalue weighted by Crippen LogP contribution is -2.51. The van der Waals surface area contributed by atoms with Crippen molar-refractivity contribution in [1.82, 2.24) is 40.3 Å². The number of pyridine rings is 1. The third-order valence-electron chi connectivity index (χ3n) is 6.74. The first-order chi connectivity index (χ1) is 19.1. The molecule has 4 aromatic heterocycles. The number of benzene rings is 1. The average Bonchev–Trinajstić information content (AvgIpc) is 3.76. The summed E-state index contributed by atoms with van der Waals surface area (Å²) in [4.78, 5) is 36.5. The predicted molar refractivity (Wildman–Crippen MR) is 137 cm³/mol. The Morgan fingerprint density at radius 2 is 1.95 bits per heavy atom. The Balaban J connectivity index is 1.22. The summed E-state index contributed by atoms with van der Waals surface area (Å²) in [6, 6.07) is 11.2. The van der Waals surface area contributed by atoms with Crippen LogP contribution < -0.4 is 14.6 Å². The number of aliphatic hydroxyl groups excluding tert-OH is 1. The van der Waals surface area contributed by atoms with E-state index in [1.54, 1.807) is 16.9 Å². The Kier molecular flexibility index (Phi) is 6.20. The monoisotopic (exact) mass is 529 g/mol. The number of aromatic nitrogens is 8. The molecule has 1 amide bonds. The number of H-pyrrole nitrogens is 3. The van der Waals surface area contributed by atoms with Crippen LogP contribution in [0.1, 0.15) is 16.1 Å². The molecule has 5 aromatic rings. The number of amides is 1. The maximum absolute atomic E-state index is 13.5. The fourth-order valence-corrected chi connectivity index (χ4v) is 4.76. The Morgan fingerprint density at radius 3 is 2.67 bits per heavy atom. The number of hydrogen-bond donors (Lipinski definition) is 3. The van der Waals surface area contributed by atoms with Gasteiger partial charge in [-0.2, -0.15) is 9.78 Å². The van der Waals surface area contributed by atoms with E-state index in [0.717, 1.165) is 5.69 Å². The molecule has 4 N–H and O–H groups in total. The number of carbonyl (C=O) groups excluding carboxylic acids is 2. The zero-order valence-electron chi connectivity index (χ0n) is 21.0. The number of methoxy groups -OCH3 is 1. The molecule has 0 saturated carbocycles. The van der Waals surface area contributed by atoms with Crippen LogP contribution in [-0.4, -0.2) is 90.4 Å². The SMILES string of the molecule is COc1c[nH+]c(-c2cc(CO)[nH]n2)c2[nH]cc(C(=O)C(=O)N3CCN(c4nnnn4-c4ccccc4)CC3)c12. The molecule has 0 radical (unpaired) electrons. The summed E-state index contributed by atoms with van der Waals surface area (Å²) in [5.74, 6) is -0.261. The number of rotatable bonds is 7. The summed E-state index contributed by atoms with van der Waals surface area (Å²) in [6.45, 7) is 1.41. The van der Waals surface area contributed by atoms with Gasteiger partial charge in [0.25, 0.3) is 17.4 Å². The van der Waals surface area contributed by atoms with E-state index in [9.17, 15) is 14.7 Å². The van der Waals surface area contributed by atoms with Crippen LogP contribution in [0.2, 0.25) is 0 Å². The maximum atomic E-state index is 13.5. The van der Waals surface area contributed by atoms with Crippen LogP contribution in [-0.2, 0) is 11.4 Å². The van der Waals surface area contributed by atoms with Gasteiger partial charge in [0, 0.05) is 32.4 Å². The van der Waals surface area contributed by atoms with Crippen LogP contribution >= 0.6 is 0 Å². The minimum Gasteiger partial charge on any atom is -0.490 e. The number of ether oxygens (including phenoxy) is 1. The van der Waals surface area contributed by atoms with Crippen molar-refractivity contribution in [2.75, 3.05) is 38.2 Å². The lowest BCUT2D eigenvalue weighted by atomic mass is 10.1. The van der Waals surface area contributed by atoms with Gasteiger partial charge in [-0.3, -0.25) is 14.7 Å². The zero-order valence-corrected chi connectivity index (χ0v) is 21.0. The molecule has 1 fully saturated rings. The minimum atomic E-state index is -0.641. The largest absolute Gasteiger partial charge is 0.490 e. The first-order valence-corrected chi connectivity index (χ1v) is 12.3. The number of nitrogens with one attached hydrogen (secondary N) is 3. The van der Waals surface area contributed by atoms with Crippen molar-refractivity contribution in [3.05, 3.63) is 60.0 Å². The molecule has 14 heteroatoms. The van der Waals surface area contributed by atoms with Gasteiger partial charge >= 0.3 is 0 Å². The maximum Gasteiger partial charge on any atom is 0.295 e. The topological polar surface area (TPSA) is 172 Å². The smallest absolute Gasteiger partial charge is 0.295 e. The highest BCUT2D eigenvalue weighted by Crippen LogP contribution is 2.32. The molecule has 6 rings (SSSR count). The van der Waals surface area contributed by atoms with Crippen LogP contribution in [0.25, 0.3) is 28.0 Å². The van der Waals surface area contributed by atoms with E-state index in [4.69, 9.17) is 4.74 Å². The van der Waals surface area contributed by atoms with Crippen LogP contribution in [0.5, 0.6) is 5.75 Å². The van der Waals surface area contributed by atoms with E-state index in [2.05, 4.69) is 35.7 Å². The number of carbonyl (C=O) groups is 2. The lowest BCUT2D eigenvalue weighted by molar-refractivity contribution is -0.364. The van der Waals surface area contributed by atoms with E-state index in [-0.39, 0.29) is 12.2 Å². The number of para-hydroxylation sites is 1. The summed E-state index contributed by atoms with van der Waals surface area (Å²) in [7, 11) is 1.49. The highest BCUT2D eigenvalue weighted by atomic mass is 16.5. The molecule has 1 aliphatic rings. The third-order valence-corrected chi connectivity index (χ3v) is 6.74. The quantitative estimate of drug-likeness (QED) is 0.199. The zero-order chi connectivity index (χ0) is 26.9. The molecular formula is C25H25N10O4+. The first-order valence-electron chi connectivity index (χ1n) is 12.3. The first kappa shape index (κ1) is 24.2. The molecule has 0 atom stereocenters. The van der Waals surface area contributed by atoms with Gasteiger partial charge in [0.15, 0.2) is 11.4 Å². The summed E-state index contributed by atoms with van der Waals surface area (Å²) in [5, 5.41) is 28.9. The molecule has 0 bridgehead atoms. The van der Waals surface area contributed by atoms with Crippen molar-refractivity contribution in [1.29, 1.82) is 0 Å². The second kappa shape index (κ2) is 9.98. The number of anilines is 1. The Bertz CT molecular complexity index is 1650. The lowest BCUT2D eigenvalue weighted by Gasteiger charge is -2.34. The Hall–Kier alpha value is -5.11. The standard InChI is InChI=1S/C25H24N10O4/c1-39-19-13-27-21(18-11-15(14-36)28-29-18)22-20(19)17(12-26-22)23(37)24(38)33-7-9-34(10-8-33)25-30-31-32-35(25)16-5-3-2-4-6-16/h2-6,11-13,26,36H,7-10,14H2,1H3,(H,28,29)/p+1. The predicted octanol–water partition coefficient (Wildman–Crippen LogP) is 0.380. The number of ketones is 1. The van der Waals surface area contributed by atoms with Gasteiger partial charge in [-0.05, 0) is 28.6 Å². The van der Waals surface area contributed by atoms with Gasteiger partial charge in [0.1, 0.15) is 5.52 Å². The van der Waals surface area contributed by atoms with Crippen molar-refractivity contribution in [2.45, 2.75) is 6.61 Å². The molecule has 1 saturated heterocycles. The third kappa shape index (κ3) is 4.25. The van der Waals surface area contributed by atoms with Gasteiger partial charge in [-0.1, -0.05) is 23.3 Å². The highest BCUT2D eigenvalue weighted by Gasteiger charge is 2.32. The molecule has 39 heavy (non-hydrogen) atoms. The molecular weight excluding hydrogens is 504 g/mol. The number of tetrazole rings is 1. The van der Waals surface area contributed by atoms with Crippen molar-refractivity contribution < 1.29 is 24.4 Å². The number of hydrogen-bond acceptors (Lipinski definition) is 9. The number of aromatic amines is 3. The fraction of sp³-hybridized carbons (Fsp3) is 0.240. The normalized spacial score (nSPS) is 13.7. The van der Waals surface area contributed by atoms with E-state index in [1.165, 1.54) is 18.2 Å². The molecule has 5 heterocycles. The Labute approximate surface area is 221 Å². The fourth-order valence-electron chi connectivity index (χ4n) is 4.76. The summed E-state index contributed by atoms with van der Waals surface area (Å²) < 4.78 is 7.15. The van der Waals surface area contributed by atoms with E-state index in [0.29, 0.717) is 65.9 Å². The van der Waals surface area contributed by atoms with Gasteiger partial charge in [-0.25, -0.2) is 4.98 Å². The van der Waals surface area contributed by atoms with Gasteiger partial charge in [-0.15, -0.1) is 0 Å². The van der Waals surface area contributed by atoms with Crippen molar-refractivity contribution in [3.63, 3.8) is 0 Å². The van der Waals surface area contributed by atoms with Crippen molar-refractivity contribution in [2.24, 2.45) is 0 Å². The summed E-state index contributed by atoms with van der Waals surface area (Å²) in [5.41, 5.74) is 3.25. The second-order valence-corrected chi connectivity index (χ2v) is 8.96. The molecule has 1 aromatic carbocycles. The van der Waals surface area contributed by atoms with E-state index < -0.39 is 11.7 Å².